The Morgan fingerprint density at radius 1 is 0.320 bits per heavy atom. The van der Waals surface area contributed by atoms with E-state index in [1.807, 2.05) is 21.1 Å². The fraction of sp³-hybridized carbons (Fsp3) is 0.670. The van der Waals surface area contributed by atoms with Crippen molar-refractivity contribution in [1.29, 1.82) is 0 Å². The van der Waals surface area contributed by atoms with E-state index in [2.05, 4.69) is 172 Å². The van der Waals surface area contributed by atoms with Crippen molar-refractivity contribution in [2.24, 2.45) is 0 Å². The summed E-state index contributed by atoms with van der Waals surface area (Å²) in [6.45, 7) is 4.76. The summed E-state index contributed by atoms with van der Waals surface area (Å²) in [6.07, 6.45) is 111. The zero-order chi connectivity index (χ0) is 70.4. The van der Waals surface area contributed by atoms with Crippen LogP contribution in [0.1, 0.15) is 322 Å². The van der Waals surface area contributed by atoms with Crippen molar-refractivity contribution < 1.29 is 42.9 Å². The number of allylic oxidation sites excluding steroid dienone is 26. The maximum Gasteiger partial charge on any atom is 0.361 e. The Bertz CT molecular complexity index is 2160. The van der Waals surface area contributed by atoms with Gasteiger partial charge in [-0.2, -0.15) is 0 Å². The van der Waals surface area contributed by atoms with Gasteiger partial charge in [0.15, 0.2) is 6.10 Å². The van der Waals surface area contributed by atoms with Crippen LogP contribution in [-0.4, -0.2) is 87.4 Å². The number of hydrogen-bond acceptors (Lipinski definition) is 7. The Morgan fingerprint density at radius 3 is 0.876 bits per heavy atom. The Kier molecular flexibility index (Phi) is 72.6. The number of ether oxygens (including phenoxy) is 4. The molecule has 0 amide bonds. The molecule has 0 bridgehead atoms. The normalized spacial score (nSPS) is 13.5. The van der Waals surface area contributed by atoms with Gasteiger partial charge in [-0.1, -0.05) is 339 Å². The number of unbranched alkanes of at least 4 members (excludes halogenated alkanes) is 31. The summed E-state index contributed by atoms with van der Waals surface area (Å²) in [5, 5.41) is 9.77. The molecule has 2 atom stereocenters. The molecule has 0 spiro atoms. The summed E-state index contributed by atoms with van der Waals surface area (Å²) in [4.78, 5) is 37.7. The van der Waals surface area contributed by atoms with E-state index in [-0.39, 0.29) is 32.2 Å². The summed E-state index contributed by atoms with van der Waals surface area (Å²) in [5.41, 5.74) is 0. The lowest BCUT2D eigenvalue weighted by atomic mass is 10.0. The fourth-order valence-corrected chi connectivity index (χ4v) is 10.8. The minimum atomic E-state index is -1.52. The second kappa shape index (κ2) is 76.7. The quantitative estimate of drug-likeness (QED) is 0.0211. The van der Waals surface area contributed by atoms with E-state index in [1.54, 1.807) is 0 Å². The van der Waals surface area contributed by atoms with Gasteiger partial charge in [0, 0.05) is 12.8 Å². The fourth-order valence-electron chi connectivity index (χ4n) is 10.8. The van der Waals surface area contributed by atoms with Crippen molar-refractivity contribution in [1.82, 2.24) is 0 Å². The van der Waals surface area contributed by atoms with Crippen LogP contribution in [0.4, 0.5) is 0 Å². The SMILES string of the molecule is CC/C=C\C/C=C\C/C=C\C/C=C\C/C=C\C/C=C\C/C=C\C/C=C\C/C=C\C/C=C\CCCCCCCCCCCCC(=O)OC(COC(=O)CCCCCCCCCCCCCCCCCC/C=C\C/C=C\C/C=C\CCCCCCC)COC(OCC[N+](C)(C)C)C(=O)O. The first-order chi connectivity index (χ1) is 47.6. The zero-order valence-electron chi connectivity index (χ0n) is 63.2. The third-order valence-corrected chi connectivity index (χ3v) is 16.8. The lowest BCUT2D eigenvalue weighted by Crippen LogP contribution is -2.40. The van der Waals surface area contributed by atoms with Gasteiger partial charge in [0.25, 0.3) is 6.29 Å². The summed E-state index contributed by atoms with van der Waals surface area (Å²) in [7, 11) is 5.98. The molecule has 9 nitrogen and oxygen atoms in total. The van der Waals surface area contributed by atoms with E-state index in [4.69, 9.17) is 18.9 Å². The highest BCUT2D eigenvalue weighted by molar-refractivity contribution is 5.71. The van der Waals surface area contributed by atoms with Crippen LogP contribution in [0.3, 0.4) is 0 Å². The van der Waals surface area contributed by atoms with Crippen molar-refractivity contribution in [3.8, 4) is 0 Å². The van der Waals surface area contributed by atoms with Crippen LogP contribution in [0.2, 0.25) is 0 Å². The van der Waals surface area contributed by atoms with Crippen LogP contribution in [-0.2, 0) is 33.3 Å². The Balaban J connectivity index is 4.11. The molecule has 0 aliphatic rings. The number of likely N-dealkylation sites (N-methyl/N-ethyl adjacent to an activating group) is 1. The molecule has 0 aliphatic carbocycles. The molecule has 0 radical (unpaired) electrons. The van der Waals surface area contributed by atoms with E-state index in [9.17, 15) is 19.5 Å². The van der Waals surface area contributed by atoms with Crippen molar-refractivity contribution in [3.05, 3.63) is 158 Å². The topological polar surface area (TPSA) is 108 Å². The van der Waals surface area contributed by atoms with Crippen molar-refractivity contribution in [2.45, 2.75) is 334 Å². The van der Waals surface area contributed by atoms with Crippen LogP contribution < -0.4 is 0 Å². The molecule has 0 aliphatic heterocycles. The average molecular weight is 1350 g/mol. The molecule has 552 valence electrons. The molecule has 2 unspecified atom stereocenters. The van der Waals surface area contributed by atoms with Gasteiger partial charge < -0.3 is 28.5 Å². The van der Waals surface area contributed by atoms with Gasteiger partial charge in [-0.15, -0.1) is 0 Å². The number of rotatable bonds is 72. The average Bonchev–Trinajstić information content (AvgIpc) is 3.27. The molecule has 1 N–H and O–H groups in total. The van der Waals surface area contributed by atoms with Crippen molar-refractivity contribution in [2.75, 3.05) is 47.5 Å². The molecular weight excluding hydrogens is 1200 g/mol. The van der Waals surface area contributed by atoms with Crippen LogP contribution in [0.15, 0.2) is 158 Å². The van der Waals surface area contributed by atoms with Crippen LogP contribution in [0.5, 0.6) is 0 Å². The maximum absolute atomic E-state index is 13.0. The first-order valence-corrected chi connectivity index (χ1v) is 39.6. The molecule has 0 aromatic carbocycles. The number of quaternary nitrogens is 1. The zero-order valence-corrected chi connectivity index (χ0v) is 63.2. The van der Waals surface area contributed by atoms with E-state index >= 15 is 0 Å². The number of carboxylic acids is 1. The van der Waals surface area contributed by atoms with Crippen LogP contribution in [0, 0.1) is 0 Å². The minimum absolute atomic E-state index is 0.181. The van der Waals surface area contributed by atoms with E-state index in [1.165, 1.54) is 167 Å². The third-order valence-electron chi connectivity index (χ3n) is 16.8. The Morgan fingerprint density at radius 2 is 0.588 bits per heavy atom. The molecule has 0 saturated heterocycles. The van der Waals surface area contributed by atoms with E-state index in [0.29, 0.717) is 23.9 Å². The van der Waals surface area contributed by atoms with Crippen molar-refractivity contribution >= 4 is 17.9 Å². The third kappa shape index (κ3) is 78.1. The number of esters is 2. The first-order valence-electron chi connectivity index (χ1n) is 39.6. The van der Waals surface area contributed by atoms with E-state index < -0.39 is 24.3 Å². The lowest BCUT2D eigenvalue weighted by Gasteiger charge is -2.25. The molecule has 97 heavy (non-hydrogen) atoms. The van der Waals surface area contributed by atoms with Gasteiger partial charge in [0.2, 0.25) is 0 Å². The van der Waals surface area contributed by atoms with Gasteiger partial charge >= 0.3 is 17.9 Å². The van der Waals surface area contributed by atoms with Gasteiger partial charge in [-0.3, -0.25) is 9.59 Å². The largest absolute Gasteiger partial charge is 0.477 e. The van der Waals surface area contributed by atoms with Gasteiger partial charge in [-0.05, 0) is 128 Å². The van der Waals surface area contributed by atoms with Gasteiger partial charge in [0.05, 0.1) is 34.4 Å². The highest BCUT2D eigenvalue weighted by Crippen LogP contribution is 2.17. The molecular formula is C88H148NO8+. The first kappa shape index (κ1) is 91.9. The molecule has 0 aromatic rings. The Labute approximate surface area is 597 Å². The Hall–Kier alpha value is -5.09. The highest BCUT2D eigenvalue weighted by atomic mass is 16.7. The standard InChI is InChI=1S/C88H147NO8/c1-6-8-10-12-14-16-18-20-22-24-26-28-30-32-34-36-38-39-40-41-42-43-44-45-46-47-49-51-53-55-57-59-61-63-65-67-69-71-73-75-77-79-86(91)97-84(83-96-88(87(92)93)94-81-80-89(3,4)5)82-95-85(90)78-76-74-72-70-68-66-64-62-60-58-56-54-52-50-48-37-35-33-31-29-27-25-23-21-19-17-15-13-11-9-7-2/h8,10,14,16,19-22,25-28,31-34,38-39,41-42,44-45,47,49,53,55,84,88H,6-7,9,11-13,15,17-18,23-24,29-30,35-37,40,43,46,48,50-52,54,56-83H2,1-5H3/p+1/b10-8-,16-14-,21-19-,22-20-,27-25-,28-26-,33-31-,34-32-,39-38-,42-41-,45-44-,49-47-,55-53-. The molecule has 9 heteroatoms. The van der Waals surface area contributed by atoms with Gasteiger partial charge in [-0.25, -0.2) is 4.79 Å². The summed E-state index contributed by atoms with van der Waals surface area (Å²) in [6, 6.07) is 0. The number of carbonyl (C=O) groups is 3. The number of nitrogens with zero attached hydrogens (tertiary/aromatic N) is 1. The summed E-state index contributed by atoms with van der Waals surface area (Å²) in [5.74, 6) is -2.01. The van der Waals surface area contributed by atoms with Crippen molar-refractivity contribution in [3.63, 3.8) is 0 Å². The lowest BCUT2D eigenvalue weighted by molar-refractivity contribution is -0.870. The minimum Gasteiger partial charge on any atom is -0.477 e. The number of carboxylic acid groups (broad SMARTS) is 1. The molecule has 0 saturated carbocycles. The van der Waals surface area contributed by atoms with Crippen LogP contribution >= 0.6 is 0 Å². The molecule has 0 aromatic heterocycles. The maximum atomic E-state index is 13.0. The monoisotopic (exact) mass is 1350 g/mol. The molecule has 0 rings (SSSR count). The molecule has 0 fully saturated rings. The number of aliphatic carboxylic acids is 1. The summed E-state index contributed by atoms with van der Waals surface area (Å²) >= 11 is 0. The number of carbonyl (C=O) groups excluding carboxylic acids is 2. The second-order valence-electron chi connectivity index (χ2n) is 27.3. The molecule has 0 heterocycles. The highest BCUT2D eigenvalue weighted by Gasteiger charge is 2.25. The van der Waals surface area contributed by atoms with Crippen LogP contribution in [0.25, 0.3) is 0 Å². The second-order valence-corrected chi connectivity index (χ2v) is 27.3. The predicted molar refractivity (Wildman–Crippen MR) is 419 cm³/mol. The van der Waals surface area contributed by atoms with E-state index in [0.717, 1.165) is 122 Å². The predicted octanol–water partition coefficient (Wildman–Crippen LogP) is 25.6. The summed E-state index contributed by atoms with van der Waals surface area (Å²) < 4.78 is 23.0. The van der Waals surface area contributed by atoms with Gasteiger partial charge in [0.1, 0.15) is 13.2 Å². The smallest absolute Gasteiger partial charge is 0.361 e. The number of hydrogen-bond donors (Lipinski definition) is 1.